The number of aryl methyl sites for hydroxylation is 1. The van der Waals surface area contributed by atoms with Crippen molar-refractivity contribution >= 4 is 27.5 Å². The van der Waals surface area contributed by atoms with Crippen LogP contribution in [-0.2, 0) is 0 Å². The highest BCUT2D eigenvalue weighted by Crippen LogP contribution is 2.46. The summed E-state index contributed by atoms with van der Waals surface area (Å²) in [6.07, 6.45) is 2.71. The first-order valence-electron chi connectivity index (χ1n) is 9.33. The van der Waals surface area contributed by atoms with E-state index in [4.69, 9.17) is 0 Å². The fraction of sp³-hybridized carbons (Fsp3) is 0.700. The van der Waals surface area contributed by atoms with Gasteiger partial charge in [-0.2, -0.15) is 0 Å². The minimum atomic E-state index is 0.565. The fourth-order valence-corrected chi connectivity index (χ4v) is 4.92. The molecule has 1 aliphatic rings. The van der Waals surface area contributed by atoms with Gasteiger partial charge in [-0.1, -0.05) is 63.1 Å². The van der Waals surface area contributed by atoms with Crippen LogP contribution in [0.2, 0.25) is 0 Å². The lowest BCUT2D eigenvalue weighted by Gasteiger charge is -2.20. The Morgan fingerprint density at radius 3 is 2.38 bits per heavy atom. The molecule has 0 amide bonds. The second-order valence-corrected chi connectivity index (χ2v) is 10.2. The number of rotatable bonds is 10. The highest BCUT2D eigenvalue weighted by atomic mass is 33.1. The van der Waals surface area contributed by atoms with E-state index in [-0.39, 0.29) is 0 Å². The predicted octanol–water partition coefficient (Wildman–Crippen LogP) is 6.34. The van der Waals surface area contributed by atoms with Gasteiger partial charge in [-0.25, -0.2) is 0 Å². The first-order chi connectivity index (χ1) is 11.4. The Morgan fingerprint density at radius 1 is 1.08 bits per heavy atom. The van der Waals surface area contributed by atoms with E-state index in [2.05, 4.69) is 63.7 Å². The molecular formula is C20H34N2S2. The molecule has 2 rings (SSSR count). The molecule has 0 bridgehead atoms. The number of hydrogen-bond acceptors (Lipinski definition) is 4. The molecule has 136 valence electrons. The number of anilines is 1. The maximum absolute atomic E-state index is 3.74. The highest BCUT2D eigenvalue weighted by Gasteiger charge is 2.28. The van der Waals surface area contributed by atoms with Crippen molar-refractivity contribution in [1.29, 1.82) is 0 Å². The van der Waals surface area contributed by atoms with Crippen LogP contribution in [-0.4, -0.2) is 18.3 Å². The molecule has 1 aromatic carbocycles. The molecule has 1 unspecified atom stereocenters. The Balaban J connectivity index is 1.87. The summed E-state index contributed by atoms with van der Waals surface area (Å²) < 4.78 is 3.48. The zero-order valence-electron chi connectivity index (χ0n) is 16.1. The normalized spacial score (nSPS) is 16.0. The molecule has 1 aromatic rings. The quantitative estimate of drug-likeness (QED) is 0.287. The lowest BCUT2D eigenvalue weighted by atomic mass is 9.93. The van der Waals surface area contributed by atoms with Crippen LogP contribution in [0, 0.1) is 12.8 Å². The van der Waals surface area contributed by atoms with Crippen LogP contribution < -0.4 is 10.0 Å². The predicted molar refractivity (Wildman–Crippen MR) is 113 cm³/mol. The Hall–Kier alpha value is -0.320. The lowest BCUT2D eigenvalue weighted by molar-refractivity contribution is 0.645. The van der Waals surface area contributed by atoms with Gasteiger partial charge in [0.25, 0.3) is 0 Å². The third-order valence-electron chi connectivity index (χ3n) is 4.71. The van der Waals surface area contributed by atoms with E-state index in [0.29, 0.717) is 11.2 Å². The van der Waals surface area contributed by atoms with E-state index in [9.17, 15) is 0 Å². The van der Waals surface area contributed by atoms with E-state index in [1.807, 2.05) is 10.8 Å². The first-order valence-corrected chi connectivity index (χ1v) is 11.5. The molecule has 0 aromatic heterocycles. The molecule has 1 atom stereocenters. The van der Waals surface area contributed by atoms with E-state index >= 15 is 0 Å². The monoisotopic (exact) mass is 366 g/mol. The summed E-state index contributed by atoms with van der Waals surface area (Å²) in [5.74, 6) is 2.08. The topological polar surface area (TPSA) is 24.1 Å². The van der Waals surface area contributed by atoms with Gasteiger partial charge in [0.15, 0.2) is 0 Å². The molecule has 1 saturated carbocycles. The van der Waals surface area contributed by atoms with Crippen LogP contribution in [0.5, 0.6) is 0 Å². The molecule has 24 heavy (non-hydrogen) atoms. The molecular weight excluding hydrogens is 332 g/mol. The van der Waals surface area contributed by atoms with Crippen molar-refractivity contribution in [1.82, 2.24) is 4.72 Å². The zero-order valence-corrected chi connectivity index (χ0v) is 17.7. The van der Waals surface area contributed by atoms with Gasteiger partial charge in [0.05, 0.1) is 0 Å². The average molecular weight is 367 g/mol. The van der Waals surface area contributed by atoms with Crippen LogP contribution in [0.3, 0.4) is 0 Å². The maximum atomic E-state index is 3.74. The van der Waals surface area contributed by atoms with Gasteiger partial charge in [0.1, 0.15) is 0 Å². The standard InChI is InChI=1S/C20H34N2S2/c1-13(2)16(6)23-24-22-10-9-21-20-18(14(3)4)11-15(5)12-19(20)17-7-8-17/h11-14,16-17,21-22H,7-10H2,1-6H3. The summed E-state index contributed by atoms with van der Waals surface area (Å²) in [7, 11) is 3.72. The van der Waals surface area contributed by atoms with Crippen LogP contribution >= 0.6 is 21.8 Å². The van der Waals surface area contributed by atoms with E-state index in [0.717, 1.165) is 24.9 Å². The SMILES string of the molecule is Cc1cc(C(C)C)c(NCCNSSC(C)C(C)C)c(C2CC2)c1. The van der Waals surface area contributed by atoms with Gasteiger partial charge in [-0.15, -0.1) is 0 Å². The number of benzene rings is 1. The Labute approximate surface area is 156 Å². The molecule has 0 radical (unpaired) electrons. The van der Waals surface area contributed by atoms with Gasteiger partial charge in [-0.05, 0) is 59.6 Å². The summed E-state index contributed by atoms with van der Waals surface area (Å²) in [6.45, 7) is 15.7. The van der Waals surface area contributed by atoms with Crippen molar-refractivity contribution in [3.8, 4) is 0 Å². The smallest absolute Gasteiger partial charge is 0.0411 e. The molecule has 0 spiro atoms. The van der Waals surface area contributed by atoms with Crippen LogP contribution in [0.1, 0.15) is 76.0 Å². The van der Waals surface area contributed by atoms with Crippen molar-refractivity contribution in [3.63, 3.8) is 0 Å². The molecule has 0 aliphatic heterocycles. The molecule has 0 saturated heterocycles. The fourth-order valence-electron chi connectivity index (χ4n) is 2.72. The Bertz CT molecular complexity index is 501. The van der Waals surface area contributed by atoms with Gasteiger partial charge in [-0.3, -0.25) is 4.72 Å². The number of nitrogens with one attached hydrogen (secondary N) is 2. The van der Waals surface area contributed by atoms with Crippen LogP contribution in [0.25, 0.3) is 0 Å². The Kier molecular flexibility index (Phi) is 7.83. The molecule has 2 nitrogen and oxygen atoms in total. The third-order valence-corrected chi connectivity index (χ3v) is 7.53. The van der Waals surface area contributed by atoms with E-state index in [1.165, 1.54) is 29.7 Å². The van der Waals surface area contributed by atoms with Crippen molar-refractivity contribution in [3.05, 3.63) is 28.8 Å². The highest BCUT2D eigenvalue weighted by molar-refractivity contribution is 8.76. The molecule has 2 N–H and O–H groups in total. The van der Waals surface area contributed by atoms with E-state index < -0.39 is 0 Å². The van der Waals surface area contributed by atoms with Gasteiger partial charge in [0, 0.05) is 24.0 Å². The second kappa shape index (κ2) is 9.40. The molecule has 1 fully saturated rings. The van der Waals surface area contributed by atoms with Crippen molar-refractivity contribution in [2.75, 3.05) is 18.4 Å². The minimum Gasteiger partial charge on any atom is -0.383 e. The van der Waals surface area contributed by atoms with Gasteiger partial charge < -0.3 is 5.32 Å². The van der Waals surface area contributed by atoms with Crippen molar-refractivity contribution in [2.45, 2.75) is 71.5 Å². The largest absolute Gasteiger partial charge is 0.383 e. The molecule has 0 heterocycles. The summed E-state index contributed by atoms with van der Waals surface area (Å²) in [5.41, 5.74) is 5.84. The van der Waals surface area contributed by atoms with Crippen LogP contribution in [0.4, 0.5) is 5.69 Å². The summed E-state index contributed by atoms with van der Waals surface area (Å²) in [5, 5.41) is 4.42. The summed E-state index contributed by atoms with van der Waals surface area (Å²) >= 11 is 0. The van der Waals surface area contributed by atoms with Crippen molar-refractivity contribution in [2.24, 2.45) is 5.92 Å². The Morgan fingerprint density at radius 2 is 1.79 bits per heavy atom. The maximum Gasteiger partial charge on any atom is 0.0411 e. The molecule has 4 heteroatoms. The van der Waals surface area contributed by atoms with Crippen molar-refractivity contribution < 1.29 is 0 Å². The van der Waals surface area contributed by atoms with E-state index in [1.54, 1.807) is 16.5 Å². The van der Waals surface area contributed by atoms with Gasteiger partial charge >= 0.3 is 0 Å². The first kappa shape index (κ1) is 20.0. The zero-order chi connectivity index (χ0) is 17.7. The summed E-state index contributed by atoms with van der Waals surface area (Å²) in [6, 6.07) is 4.76. The molecule has 1 aliphatic carbocycles. The van der Waals surface area contributed by atoms with Gasteiger partial charge in [0.2, 0.25) is 0 Å². The number of hydrogen-bond donors (Lipinski definition) is 2. The van der Waals surface area contributed by atoms with Crippen LogP contribution in [0.15, 0.2) is 12.1 Å². The second-order valence-electron chi connectivity index (χ2n) is 7.70. The average Bonchev–Trinajstić information content (AvgIpc) is 3.35. The minimum absolute atomic E-state index is 0.565. The third kappa shape index (κ3) is 5.89. The lowest BCUT2D eigenvalue weighted by Crippen LogP contribution is -2.18. The summed E-state index contributed by atoms with van der Waals surface area (Å²) in [4.78, 5) is 0.